The van der Waals surface area contributed by atoms with Crippen LogP contribution in [0.15, 0.2) is 30.5 Å². The molecule has 6 nitrogen and oxygen atoms in total. The quantitative estimate of drug-likeness (QED) is 0.852. The lowest BCUT2D eigenvalue weighted by molar-refractivity contribution is 0.0524. The van der Waals surface area contributed by atoms with E-state index in [-0.39, 0.29) is 0 Å². The summed E-state index contributed by atoms with van der Waals surface area (Å²) < 4.78 is 5.18. The Labute approximate surface area is 117 Å². The molecule has 0 aliphatic rings. The summed E-state index contributed by atoms with van der Waals surface area (Å²) in [5, 5.41) is 1.48. The SMILES string of the molecule is CN(NC(=O)OC(C)(C)C)c1cnc2ccccc2n1. The summed E-state index contributed by atoms with van der Waals surface area (Å²) in [6.07, 6.45) is 1.06. The van der Waals surface area contributed by atoms with E-state index in [2.05, 4.69) is 15.4 Å². The molecule has 6 heteroatoms. The van der Waals surface area contributed by atoms with Gasteiger partial charge in [0.1, 0.15) is 5.60 Å². The maximum absolute atomic E-state index is 11.7. The lowest BCUT2D eigenvalue weighted by atomic mass is 10.2. The molecule has 20 heavy (non-hydrogen) atoms. The minimum atomic E-state index is -0.542. The van der Waals surface area contributed by atoms with Gasteiger partial charge in [0.25, 0.3) is 0 Å². The molecule has 0 unspecified atom stereocenters. The fourth-order valence-electron chi connectivity index (χ4n) is 1.60. The second kappa shape index (κ2) is 5.32. The first-order valence-electron chi connectivity index (χ1n) is 6.30. The van der Waals surface area contributed by atoms with Crippen molar-refractivity contribution in [1.82, 2.24) is 15.4 Å². The van der Waals surface area contributed by atoms with Crippen LogP contribution < -0.4 is 10.4 Å². The molecule has 2 aromatic rings. The normalized spacial score (nSPS) is 11.2. The molecule has 0 saturated heterocycles. The van der Waals surface area contributed by atoms with Crippen LogP contribution in [0.25, 0.3) is 11.0 Å². The van der Waals surface area contributed by atoms with E-state index >= 15 is 0 Å². The first-order chi connectivity index (χ1) is 9.35. The van der Waals surface area contributed by atoms with Gasteiger partial charge >= 0.3 is 6.09 Å². The third-order valence-electron chi connectivity index (χ3n) is 2.44. The number of carbonyl (C=O) groups is 1. The Morgan fingerprint density at radius 1 is 1.25 bits per heavy atom. The number of aromatic nitrogens is 2. The Bertz CT molecular complexity index is 622. The van der Waals surface area contributed by atoms with Gasteiger partial charge in [0.05, 0.1) is 17.2 Å². The van der Waals surface area contributed by atoms with E-state index in [1.807, 2.05) is 45.0 Å². The molecular weight excluding hydrogens is 256 g/mol. The summed E-state index contributed by atoms with van der Waals surface area (Å²) in [6, 6.07) is 7.54. The highest BCUT2D eigenvalue weighted by molar-refractivity contribution is 5.76. The van der Waals surface area contributed by atoms with Crippen molar-refractivity contribution in [2.45, 2.75) is 26.4 Å². The van der Waals surface area contributed by atoms with Gasteiger partial charge in [-0.05, 0) is 32.9 Å². The smallest absolute Gasteiger partial charge is 0.426 e. The number of benzene rings is 1. The van der Waals surface area contributed by atoms with Crippen LogP contribution in [0.4, 0.5) is 10.6 Å². The van der Waals surface area contributed by atoms with Crippen LogP contribution in [0, 0.1) is 0 Å². The maximum Gasteiger partial charge on any atom is 0.426 e. The maximum atomic E-state index is 11.7. The van der Waals surface area contributed by atoms with Gasteiger partial charge in [-0.1, -0.05) is 12.1 Å². The van der Waals surface area contributed by atoms with Gasteiger partial charge in [-0.15, -0.1) is 0 Å². The Morgan fingerprint density at radius 3 is 2.55 bits per heavy atom. The number of ether oxygens (including phenoxy) is 1. The van der Waals surface area contributed by atoms with Crippen LogP contribution in [0.3, 0.4) is 0 Å². The van der Waals surface area contributed by atoms with Gasteiger partial charge in [-0.25, -0.2) is 15.2 Å². The molecule has 1 aromatic carbocycles. The van der Waals surface area contributed by atoms with Crippen LogP contribution in [0.5, 0.6) is 0 Å². The lowest BCUT2D eigenvalue weighted by Gasteiger charge is -2.23. The fourth-order valence-corrected chi connectivity index (χ4v) is 1.60. The largest absolute Gasteiger partial charge is 0.443 e. The van der Waals surface area contributed by atoms with E-state index in [0.717, 1.165) is 11.0 Å². The highest BCUT2D eigenvalue weighted by atomic mass is 16.6. The number of anilines is 1. The molecule has 0 saturated carbocycles. The monoisotopic (exact) mass is 274 g/mol. The predicted octanol–water partition coefficient (Wildman–Crippen LogP) is 2.51. The zero-order valence-corrected chi connectivity index (χ0v) is 12.0. The molecule has 0 bridgehead atoms. The minimum absolute atomic E-state index is 0.532. The van der Waals surface area contributed by atoms with Gasteiger partial charge in [0.15, 0.2) is 5.82 Å². The summed E-state index contributed by atoms with van der Waals surface area (Å²) in [5.74, 6) is 0.537. The number of hydrogen-bond donors (Lipinski definition) is 1. The van der Waals surface area contributed by atoms with Crippen molar-refractivity contribution in [3.8, 4) is 0 Å². The van der Waals surface area contributed by atoms with Crippen molar-refractivity contribution in [1.29, 1.82) is 0 Å². The van der Waals surface area contributed by atoms with Crippen LogP contribution in [-0.2, 0) is 4.74 Å². The first-order valence-corrected chi connectivity index (χ1v) is 6.30. The van der Waals surface area contributed by atoms with Crippen LogP contribution in [0.2, 0.25) is 0 Å². The number of hydrogen-bond acceptors (Lipinski definition) is 5. The fraction of sp³-hybridized carbons (Fsp3) is 0.357. The van der Waals surface area contributed by atoms with Crippen molar-refractivity contribution < 1.29 is 9.53 Å². The zero-order valence-electron chi connectivity index (χ0n) is 12.0. The van der Waals surface area contributed by atoms with E-state index in [1.54, 1.807) is 13.2 Å². The van der Waals surface area contributed by atoms with Crippen molar-refractivity contribution >= 4 is 22.9 Å². The predicted molar refractivity (Wildman–Crippen MR) is 77.3 cm³/mol. The van der Waals surface area contributed by atoms with E-state index < -0.39 is 11.7 Å². The van der Waals surface area contributed by atoms with Crippen molar-refractivity contribution in [2.75, 3.05) is 12.1 Å². The summed E-state index contributed by atoms with van der Waals surface area (Å²) in [4.78, 5) is 20.4. The molecular formula is C14H18N4O2. The second-order valence-electron chi connectivity index (χ2n) is 5.39. The lowest BCUT2D eigenvalue weighted by Crippen LogP contribution is -2.43. The molecule has 106 valence electrons. The van der Waals surface area contributed by atoms with Crippen molar-refractivity contribution in [2.24, 2.45) is 0 Å². The van der Waals surface area contributed by atoms with E-state index in [4.69, 9.17) is 4.74 Å². The van der Waals surface area contributed by atoms with Gasteiger partial charge < -0.3 is 4.74 Å². The number of fused-ring (bicyclic) bond motifs is 1. The molecule has 0 atom stereocenters. The van der Waals surface area contributed by atoms with Crippen molar-refractivity contribution in [3.63, 3.8) is 0 Å². The number of nitrogens with zero attached hydrogens (tertiary/aromatic N) is 3. The van der Waals surface area contributed by atoms with Crippen LogP contribution in [0.1, 0.15) is 20.8 Å². The topological polar surface area (TPSA) is 67.4 Å². The molecule has 1 amide bonds. The standard InChI is InChI=1S/C14H18N4O2/c1-14(2,3)20-13(19)17-18(4)12-9-15-10-7-5-6-8-11(10)16-12/h5-9H,1-4H3,(H,17,19). The molecule has 0 spiro atoms. The van der Waals surface area contributed by atoms with Gasteiger partial charge in [0, 0.05) is 7.05 Å². The Kier molecular flexibility index (Phi) is 3.74. The summed E-state index contributed by atoms with van der Waals surface area (Å²) in [6.45, 7) is 5.42. The number of nitrogens with one attached hydrogen (secondary N) is 1. The summed E-state index contributed by atoms with van der Waals surface area (Å²) in [7, 11) is 1.68. The Balaban J connectivity index is 2.11. The van der Waals surface area contributed by atoms with E-state index in [9.17, 15) is 4.79 Å². The molecule has 0 fully saturated rings. The molecule has 0 aliphatic heterocycles. The summed E-state index contributed by atoms with van der Waals surface area (Å²) in [5.41, 5.74) is 3.62. The van der Waals surface area contributed by atoms with Crippen LogP contribution in [-0.4, -0.2) is 28.7 Å². The first kappa shape index (κ1) is 14.0. The van der Waals surface area contributed by atoms with Crippen LogP contribution >= 0.6 is 0 Å². The van der Waals surface area contributed by atoms with Crippen molar-refractivity contribution in [3.05, 3.63) is 30.5 Å². The van der Waals surface area contributed by atoms with E-state index in [1.165, 1.54) is 5.01 Å². The number of rotatable bonds is 2. The third kappa shape index (κ3) is 3.57. The molecule has 1 aromatic heterocycles. The van der Waals surface area contributed by atoms with Gasteiger partial charge in [0.2, 0.25) is 0 Å². The van der Waals surface area contributed by atoms with Gasteiger partial charge in [-0.2, -0.15) is 0 Å². The summed E-state index contributed by atoms with van der Waals surface area (Å²) >= 11 is 0. The average molecular weight is 274 g/mol. The number of amides is 1. The second-order valence-corrected chi connectivity index (χ2v) is 5.39. The average Bonchev–Trinajstić information content (AvgIpc) is 2.35. The molecule has 1 heterocycles. The zero-order chi connectivity index (χ0) is 14.8. The Hall–Kier alpha value is -2.37. The number of carbonyl (C=O) groups excluding carboxylic acids is 1. The number of para-hydroxylation sites is 2. The number of hydrazine groups is 1. The third-order valence-corrected chi connectivity index (χ3v) is 2.44. The molecule has 1 N–H and O–H groups in total. The molecule has 0 radical (unpaired) electrons. The Morgan fingerprint density at radius 2 is 1.90 bits per heavy atom. The minimum Gasteiger partial charge on any atom is -0.443 e. The molecule has 2 rings (SSSR count). The van der Waals surface area contributed by atoms with E-state index in [0.29, 0.717) is 5.82 Å². The highest BCUT2D eigenvalue weighted by Gasteiger charge is 2.17. The molecule has 0 aliphatic carbocycles. The highest BCUT2D eigenvalue weighted by Crippen LogP contribution is 2.13. The van der Waals surface area contributed by atoms with Gasteiger partial charge in [-0.3, -0.25) is 9.99 Å².